The maximum Gasteiger partial charge on any atom is 0.225 e. The molecule has 1 aromatic carbocycles. The average Bonchev–Trinajstić information content (AvgIpc) is 2.29. The molecule has 18 heavy (non-hydrogen) atoms. The molecule has 0 fully saturated rings. The molecule has 1 rings (SSSR count). The normalized spacial score (nSPS) is 10.8. The minimum absolute atomic E-state index is 0.0940. The predicted molar refractivity (Wildman–Crippen MR) is 80.5 cm³/mol. The Bertz CT molecular complexity index is 438. The van der Waals surface area contributed by atoms with Crippen molar-refractivity contribution in [3.05, 3.63) is 26.7 Å². The molecule has 1 aromatic rings. The van der Waals surface area contributed by atoms with Crippen LogP contribution in [0.4, 0.5) is 5.69 Å². The average molecular weight is 354 g/mol. The van der Waals surface area contributed by atoms with Crippen molar-refractivity contribution in [2.45, 2.75) is 26.3 Å². The second-order valence-electron chi connectivity index (χ2n) is 4.13. The molecule has 0 atom stereocenters. The van der Waals surface area contributed by atoms with Gasteiger partial charge in [0.25, 0.3) is 0 Å². The van der Waals surface area contributed by atoms with Crippen LogP contribution < -0.4 is 10.6 Å². The van der Waals surface area contributed by atoms with Crippen LogP contribution >= 0.6 is 39.1 Å². The van der Waals surface area contributed by atoms with Gasteiger partial charge in [-0.05, 0) is 28.1 Å². The number of hydrogen-bond acceptors (Lipinski definition) is 2. The molecule has 0 radical (unpaired) electrons. The third kappa shape index (κ3) is 4.76. The summed E-state index contributed by atoms with van der Waals surface area (Å²) in [6.45, 7) is 4.69. The largest absolute Gasteiger partial charge is 0.325 e. The number of halogens is 3. The summed E-state index contributed by atoms with van der Waals surface area (Å²) in [6.07, 6.45) is 0.391. The van der Waals surface area contributed by atoms with E-state index in [1.54, 1.807) is 12.1 Å². The third-order valence-electron chi connectivity index (χ3n) is 2.21. The maximum atomic E-state index is 11.7. The summed E-state index contributed by atoms with van der Waals surface area (Å²) in [6, 6.07) is 3.82. The van der Waals surface area contributed by atoms with Crippen LogP contribution in [0.3, 0.4) is 0 Å². The summed E-state index contributed by atoms with van der Waals surface area (Å²) in [5, 5.41) is 6.65. The van der Waals surface area contributed by atoms with Crippen LogP contribution in [0.2, 0.25) is 10.0 Å². The van der Waals surface area contributed by atoms with Crippen molar-refractivity contribution in [3.8, 4) is 0 Å². The van der Waals surface area contributed by atoms with Gasteiger partial charge in [-0.2, -0.15) is 0 Å². The number of carbonyl (C=O) groups is 1. The van der Waals surface area contributed by atoms with E-state index >= 15 is 0 Å². The zero-order valence-electron chi connectivity index (χ0n) is 10.2. The minimum atomic E-state index is -0.0940. The lowest BCUT2D eigenvalue weighted by molar-refractivity contribution is -0.116. The summed E-state index contributed by atoms with van der Waals surface area (Å²) in [5.41, 5.74) is 0.527. The van der Waals surface area contributed by atoms with Crippen LogP contribution in [-0.4, -0.2) is 18.5 Å². The van der Waals surface area contributed by atoms with Crippen molar-refractivity contribution in [2.75, 3.05) is 11.9 Å². The number of benzene rings is 1. The lowest BCUT2D eigenvalue weighted by atomic mass is 10.3. The zero-order valence-corrected chi connectivity index (χ0v) is 13.3. The Morgan fingerprint density at radius 1 is 1.33 bits per heavy atom. The summed E-state index contributed by atoms with van der Waals surface area (Å²) in [4.78, 5) is 11.7. The molecule has 0 heterocycles. The van der Waals surface area contributed by atoms with E-state index in [4.69, 9.17) is 23.2 Å². The molecule has 0 saturated heterocycles. The van der Waals surface area contributed by atoms with Crippen LogP contribution in [-0.2, 0) is 4.79 Å². The summed E-state index contributed by atoms with van der Waals surface area (Å²) >= 11 is 15.3. The number of anilines is 1. The van der Waals surface area contributed by atoms with Gasteiger partial charge >= 0.3 is 0 Å². The number of amides is 1. The first-order valence-corrected chi connectivity index (χ1v) is 7.13. The fourth-order valence-electron chi connectivity index (χ4n) is 1.31. The lowest BCUT2D eigenvalue weighted by Crippen LogP contribution is -2.27. The molecule has 0 aliphatic carbocycles. The topological polar surface area (TPSA) is 41.1 Å². The van der Waals surface area contributed by atoms with Crippen molar-refractivity contribution in [3.63, 3.8) is 0 Å². The molecule has 1 amide bonds. The Morgan fingerprint density at radius 2 is 2.00 bits per heavy atom. The van der Waals surface area contributed by atoms with E-state index in [1.165, 1.54) is 0 Å². The molecule has 0 bridgehead atoms. The molecule has 0 aliphatic heterocycles. The van der Waals surface area contributed by atoms with Crippen molar-refractivity contribution in [2.24, 2.45) is 0 Å². The van der Waals surface area contributed by atoms with Gasteiger partial charge in [-0.25, -0.2) is 0 Å². The van der Waals surface area contributed by atoms with Crippen LogP contribution in [0.25, 0.3) is 0 Å². The number of carbonyl (C=O) groups excluding carboxylic acids is 1. The molecule has 0 unspecified atom stereocenters. The van der Waals surface area contributed by atoms with Gasteiger partial charge in [0.15, 0.2) is 0 Å². The van der Waals surface area contributed by atoms with Crippen LogP contribution in [0.15, 0.2) is 16.6 Å². The zero-order chi connectivity index (χ0) is 13.7. The second kappa shape index (κ2) is 7.34. The molecule has 6 heteroatoms. The second-order valence-corrected chi connectivity index (χ2v) is 5.74. The van der Waals surface area contributed by atoms with Crippen molar-refractivity contribution in [1.82, 2.24) is 5.32 Å². The summed E-state index contributed by atoms with van der Waals surface area (Å²) < 4.78 is 0.702. The van der Waals surface area contributed by atoms with Gasteiger partial charge < -0.3 is 10.6 Å². The van der Waals surface area contributed by atoms with Gasteiger partial charge in [-0.1, -0.05) is 37.0 Å². The Labute approximate surface area is 125 Å². The summed E-state index contributed by atoms with van der Waals surface area (Å²) in [5.74, 6) is -0.0940. The highest BCUT2D eigenvalue weighted by molar-refractivity contribution is 9.10. The van der Waals surface area contributed by atoms with Gasteiger partial charge in [0.2, 0.25) is 5.91 Å². The Morgan fingerprint density at radius 3 is 2.61 bits per heavy atom. The predicted octanol–water partition coefficient (Wildman–Crippen LogP) is 4.08. The van der Waals surface area contributed by atoms with E-state index < -0.39 is 0 Å². The molecule has 0 saturated carbocycles. The van der Waals surface area contributed by atoms with Gasteiger partial charge in [0.1, 0.15) is 0 Å². The molecule has 0 aromatic heterocycles. The standard InChI is InChI=1S/C12H15BrCl2N2O/c1-7(2)16-6-5-10(18)17-9-4-3-8(13)11(14)12(9)15/h3-4,7,16H,5-6H2,1-2H3,(H,17,18). The van der Waals surface area contributed by atoms with Crippen LogP contribution in [0, 0.1) is 0 Å². The fourth-order valence-corrected chi connectivity index (χ4v) is 2.13. The van der Waals surface area contributed by atoms with Gasteiger partial charge in [0.05, 0.1) is 15.7 Å². The number of rotatable bonds is 5. The first-order valence-electron chi connectivity index (χ1n) is 5.58. The fraction of sp³-hybridized carbons (Fsp3) is 0.417. The van der Waals surface area contributed by atoms with E-state index in [2.05, 4.69) is 26.6 Å². The number of nitrogens with one attached hydrogen (secondary N) is 2. The maximum absolute atomic E-state index is 11.7. The van der Waals surface area contributed by atoms with E-state index in [0.29, 0.717) is 39.2 Å². The first kappa shape index (κ1) is 15.8. The quantitative estimate of drug-likeness (QED) is 0.783. The van der Waals surface area contributed by atoms with Gasteiger partial charge in [0, 0.05) is 23.5 Å². The summed E-state index contributed by atoms with van der Waals surface area (Å²) in [7, 11) is 0. The molecule has 0 spiro atoms. The highest BCUT2D eigenvalue weighted by Crippen LogP contribution is 2.35. The lowest BCUT2D eigenvalue weighted by Gasteiger charge is -2.10. The van der Waals surface area contributed by atoms with E-state index in [1.807, 2.05) is 13.8 Å². The smallest absolute Gasteiger partial charge is 0.225 e. The van der Waals surface area contributed by atoms with Gasteiger partial charge in [-0.15, -0.1) is 0 Å². The molecule has 3 nitrogen and oxygen atoms in total. The van der Waals surface area contributed by atoms with E-state index in [9.17, 15) is 4.79 Å². The Balaban J connectivity index is 2.57. The number of hydrogen-bond donors (Lipinski definition) is 2. The monoisotopic (exact) mass is 352 g/mol. The molecule has 0 aliphatic rings. The van der Waals surface area contributed by atoms with Crippen LogP contribution in [0.5, 0.6) is 0 Å². The third-order valence-corrected chi connectivity index (χ3v) is 3.98. The van der Waals surface area contributed by atoms with E-state index in [0.717, 1.165) is 0 Å². The first-order chi connectivity index (χ1) is 8.41. The minimum Gasteiger partial charge on any atom is -0.325 e. The molecular weight excluding hydrogens is 339 g/mol. The SMILES string of the molecule is CC(C)NCCC(=O)Nc1ccc(Br)c(Cl)c1Cl. The Kier molecular flexibility index (Phi) is 6.43. The Hall–Kier alpha value is -0.290. The van der Waals surface area contributed by atoms with Crippen LogP contribution in [0.1, 0.15) is 20.3 Å². The molecule has 2 N–H and O–H groups in total. The molecule has 100 valence electrons. The highest BCUT2D eigenvalue weighted by Gasteiger charge is 2.10. The molecular formula is C12H15BrCl2N2O. The highest BCUT2D eigenvalue weighted by atomic mass is 79.9. The van der Waals surface area contributed by atoms with Gasteiger partial charge in [-0.3, -0.25) is 4.79 Å². The van der Waals surface area contributed by atoms with Crippen molar-refractivity contribution < 1.29 is 4.79 Å². The van der Waals surface area contributed by atoms with E-state index in [-0.39, 0.29) is 5.91 Å². The van der Waals surface area contributed by atoms with Crippen molar-refractivity contribution >= 4 is 50.7 Å². The van der Waals surface area contributed by atoms with Crippen molar-refractivity contribution in [1.29, 1.82) is 0 Å².